The van der Waals surface area contributed by atoms with Gasteiger partial charge >= 0.3 is 5.97 Å². The van der Waals surface area contributed by atoms with Crippen molar-refractivity contribution in [2.24, 2.45) is 11.7 Å². The maximum atomic E-state index is 12.7. The van der Waals surface area contributed by atoms with E-state index in [4.69, 9.17) is 10.8 Å². The maximum Gasteiger partial charge on any atom is 0.304 e. The van der Waals surface area contributed by atoms with Gasteiger partial charge < -0.3 is 10.8 Å². The van der Waals surface area contributed by atoms with Gasteiger partial charge in [-0.25, -0.2) is 4.39 Å². The zero-order chi connectivity index (χ0) is 14.3. The van der Waals surface area contributed by atoms with Crippen molar-refractivity contribution in [3.05, 3.63) is 35.6 Å². The quantitative estimate of drug-likeness (QED) is 0.761. The zero-order valence-electron chi connectivity index (χ0n) is 11.3. The van der Waals surface area contributed by atoms with Gasteiger partial charge in [-0.15, -0.1) is 0 Å². The van der Waals surface area contributed by atoms with E-state index in [1.165, 1.54) is 12.1 Å². The molecule has 0 aliphatic rings. The molecule has 0 aliphatic carbocycles. The standard InChI is InChI=1S/C15H22FNO2/c1-11(9-14(17)10-15(18)19)3-2-4-12-5-7-13(16)8-6-12/h5-8,11,14H,2-4,9-10,17H2,1H3,(H,18,19)/t11-,14+/m1/s1. The molecular formula is C15H22FNO2. The lowest BCUT2D eigenvalue weighted by molar-refractivity contribution is -0.137. The van der Waals surface area contributed by atoms with E-state index in [2.05, 4.69) is 6.92 Å². The van der Waals surface area contributed by atoms with E-state index in [0.29, 0.717) is 5.92 Å². The van der Waals surface area contributed by atoms with Crippen LogP contribution in [-0.2, 0) is 11.2 Å². The first-order chi connectivity index (χ1) is 8.97. The van der Waals surface area contributed by atoms with Crippen LogP contribution in [0.4, 0.5) is 4.39 Å². The first-order valence-corrected chi connectivity index (χ1v) is 6.69. The second-order valence-electron chi connectivity index (χ2n) is 5.22. The molecule has 3 nitrogen and oxygen atoms in total. The number of hydrogen-bond acceptors (Lipinski definition) is 2. The monoisotopic (exact) mass is 267 g/mol. The molecule has 1 rings (SSSR count). The molecule has 3 N–H and O–H groups in total. The number of rotatable bonds is 8. The molecule has 0 radical (unpaired) electrons. The van der Waals surface area contributed by atoms with Gasteiger partial charge in [0, 0.05) is 6.04 Å². The van der Waals surface area contributed by atoms with Gasteiger partial charge in [-0.05, 0) is 42.9 Å². The average Bonchev–Trinajstić information content (AvgIpc) is 2.30. The number of benzene rings is 1. The summed E-state index contributed by atoms with van der Waals surface area (Å²) in [6.07, 6.45) is 3.69. The third-order valence-electron chi connectivity index (χ3n) is 3.22. The number of hydrogen-bond donors (Lipinski definition) is 2. The van der Waals surface area contributed by atoms with Crippen LogP contribution in [0.3, 0.4) is 0 Å². The molecule has 0 amide bonds. The molecule has 0 heterocycles. The molecule has 0 saturated heterocycles. The Labute approximate surface area is 113 Å². The minimum absolute atomic E-state index is 0.0301. The van der Waals surface area contributed by atoms with E-state index in [-0.39, 0.29) is 18.3 Å². The maximum absolute atomic E-state index is 12.7. The largest absolute Gasteiger partial charge is 0.481 e. The summed E-state index contributed by atoms with van der Waals surface area (Å²) in [6.45, 7) is 2.09. The fraction of sp³-hybridized carbons (Fsp3) is 0.533. The highest BCUT2D eigenvalue weighted by Gasteiger charge is 2.12. The van der Waals surface area contributed by atoms with Crippen molar-refractivity contribution in [3.8, 4) is 0 Å². The van der Waals surface area contributed by atoms with E-state index >= 15 is 0 Å². The lowest BCUT2D eigenvalue weighted by Gasteiger charge is -2.15. The Balaban J connectivity index is 2.21. The van der Waals surface area contributed by atoms with E-state index in [1.807, 2.05) is 0 Å². The van der Waals surface area contributed by atoms with Crippen LogP contribution in [0, 0.1) is 11.7 Å². The highest BCUT2D eigenvalue weighted by Crippen LogP contribution is 2.16. The molecule has 4 heteroatoms. The average molecular weight is 267 g/mol. The van der Waals surface area contributed by atoms with Gasteiger partial charge in [0.15, 0.2) is 0 Å². The minimum atomic E-state index is -0.842. The van der Waals surface area contributed by atoms with Gasteiger partial charge in [0.2, 0.25) is 0 Å². The van der Waals surface area contributed by atoms with E-state index < -0.39 is 5.97 Å². The SMILES string of the molecule is C[C@H](CCCc1ccc(F)cc1)C[C@H](N)CC(=O)O. The van der Waals surface area contributed by atoms with Gasteiger partial charge in [0.1, 0.15) is 5.82 Å². The molecule has 1 aromatic rings. The van der Waals surface area contributed by atoms with Crippen LogP contribution < -0.4 is 5.73 Å². The number of nitrogens with two attached hydrogens (primary N) is 1. The molecule has 0 spiro atoms. The fourth-order valence-electron chi connectivity index (χ4n) is 2.25. The minimum Gasteiger partial charge on any atom is -0.481 e. The Kier molecular flexibility index (Phi) is 6.50. The van der Waals surface area contributed by atoms with Crippen molar-refractivity contribution in [2.75, 3.05) is 0 Å². The first kappa shape index (κ1) is 15.6. The number of aliphatic carboxylic acids is 1. The van der Waals surface area contributed by atoms with Crippen LogP contribution in [0.1, 0.15) is 38.2 Å². The number of aryl methyl sites for hydroxylation is 1. The van der Waals surface area contributed by atoms with E-state index in [9.17, 15) is 9.18 Å². The molecule has 0 aromatic heterocycles. The van der Waals surface area contributed by atoms with Crippen molar-refractivity contribution in [2.45, 2.75) is 45.1 Å². The van der Waals surface area contributed by atoms with Crippen LogP contribution in [0.15, 0.2) is 24.3 Å². The predicted octanol–water partition coefficient (Wildman–Crippen LogP) is 2.98. The van der Waals surface area contributed by atoms with E-state index in [1.54, 1.807) is 12.1 Å². The molecule has 19 heavy (non-hydrogen) atoms. The molecule has 0 fully saturated rings. The first-order valence-electron chi connectivity index (χ1n) is 6.69. The van der Waals surface area contributed by atoms with Gasteiger partial charge in [0.25, 0.3) is 0 Å². The van der Waals surface area contributed by atoms with Gasteiger partial charge in [-0.3, -0.25) is 4.79 Å². The molecule has 0 saturated carbocycles. The van der Waals surface area contributed by atoms with Gasteiger partial charge in [0.05, 0.1) is 6.42 Å². The van der Waals surface area contributed by atoms with Gasteiger partial charge in [-0.2, -0.15) is 0 Å². The van der Waals surface area contributed by atoms with Crippen LogP contribution in [-0.4, -0.2) is 17.1 Å². The van der Waals surface area contributed by atoms with Crippen molar-refractivity contribution >= 4 is 5.97 Å². The third kappa shape index (κ3) is 6.91. The third-order valence-corrected chi connectivity index (χ3v) is 3.22. The summed E-state index contributed by atoms with van der Waals surface area (Å²) in [4.78, 5) is 10.5. The summed E-state index contributed by atoms with van der Waals surface area (Å²) < 4.78 is 12.7. The highest BCUT2D eigenvalue weighted by molar-refractivity contribution is 5.67. The summed E-state index contributed by atoms with van der Waals surface area (Å²) in [5, 5.41) is 8.63. The van der Waals surface area contributed by atoms with Crippen molar-refractivity contribution in [1.29, 1.82) is 0 Å². The summed E-state index contributed by atoms with van der Waals surface area (Å²) in [5.41, 5.74) is 6.88. The Morgan fingerprint density at radius 3 is 2.58 bits per heavy atom. The lowest BCUT2D eigenvalue weighted by Crippen LogP contribution is -2.26. The Hall–Kier alpha value is -1.42. The fourth-order valence-corrected chi connectivity index (χ4v) is 2.25. The van der Waals surface area contributed by atoms with E-state index in [0.717, 1.165) is 31.2 Å². The zero-order valence-corrected chi connectivity index (χ0v) is 11.3. The van der Waals surface area contributed by atoms with Crippen LogP contribution in [0.2, 0.25) is 0 Å². The summed E-state index contributed by atoms with van der Waals surface area (Å²) in [7, 11) is 0. The molecule has 0 aliphatic heterocycles. The second kappa shape index (κ2) is 7.89. The number of halogens is 1. The second-order valence-corrected chi connectivity index (χ2v) is 5.22. The topological polar surface area (TPSA) is 63.3 Å². The van der Waals surface area contributed by atoms with Crippen molar-refractivity contribution < 1.29 is 14.3 Å². The molecule has 1 aromatic carbocycles. The smallest absolute Gasteiger partial charge is 0.304 e. The van der Waals surface area contributed by atoms with Crippen LogP contribution in [0.5, 0.6) is 0 Å². The van der Waals surface area contributed by atoms with Crippen LogP contribution >= 0.6 is 0 Å². The Morgan fingerprint density at radius 1 is 1.37 bits per heavy atom. The van der Waals surface area contributed by atoms with Crippen molar-refractivity contribution in [1.82, 2.24) is 0 Å². The number of carbonyl (C=O) groups is 1. The molecule has 106 valence electrons. The Morgan fingerprint density at radius 2 is 2.00 bits per heavy atom. The molecule has 0 bridgehead atoms. The summed E-state index contributed by atoms with van der Waals surface area (Å²) >= 11 is 0. The summed E-state index contributed by atoms with van der Waals surface area (Å²) in [5.74, 6) is -0.641. The van der Waals surface area contributed by atoms with Crippen LogP contribution in [0.25, 0.3) is 0 Å². The highest BCUT2D eigenvalue weighted by atomic mass is 19.1. The lowest BCUT2D eigenvalue weighted by atomic mass is 9.94. The molecule has 2 atom stereocenters. The number of carboxylic acid groups (broad SMARTS) is 1. The van der Waals surface area contributed by atoms with Crippen molar-refractivity contribution in [3.63, 3.8) is 0 Å². The van der Waals surface area contributed by atoms with Gasteiger partial charge in [-0.1, -0.05) is 25.5 Å². The Bertz CT molecular complexity index is 392. The molecular weight excluding hydrogens is 245 g/mol. The normalized spacial score (nSPS) is 14.1. The summed E-state index contributed by atoms with van der Waals surface area (Å²) in [6, 6.07) is 6.29. The number of carboxylic acids is 1. The predicted molar refractivity (Wildman–Crippen MR) is 73.3 cm³/mol. The molecule has 0 unspecified atom stereocenters.